The summed E-state index contributed by atoms with van der Waals surface area (Å²) in [5, 5.41) is 1.55. The molecular formula is C27H23N2O+. The van der Waals surface area contributed by atoms with Gasteiger partial charge in [-0.25, -0.2) is 9.55 Å². The molecule has 0 atom stereocenters. The Morgan fingerprint density at radius 1 is 0.967 bits per heavy atom. The van der Waals surface area contributed by atoms with Crippen molar-refractivity contribution in [2.45, 2.75) is 26.0 Å². The van der Waals surface area contributed by atoms with E-state index < -0.39 is 19.1 Å². The van der Waals surface area contributed by atoms with E-state index in [-0.39, 0.29) is 17.0 Å². The van der Waals surface area contributed by atoms with Crippen LogP contribution in [0.1, 0.15) is 38.7 Å². The molecule has 3 aromatic heterocycles. The minimum atomic E-state index is -2.87. The van der Waals surface area contributed by atoms with Gasteiger partial charge in [-0.15, -0.1) is 0 Å². The zero-order valence-electron chi connectivity index (χ0n) is 22.7. The van der Waals surface area contributed by atoms with E-state index in [2.05, 4.69) is 4.98 Å². The molecule has 3 nitrogen and oxygen atoms in total. The third kappa shape index (κ3) is 2.15. The number of furan rings is 1. The number of aromatic nitrogens is 2. The van der Waals surface area contributed by atoms with Crippen molar-refractivity contribution in [3.05, 3.63) is 83.7 Å². The first-order valence-electron chi connectivity index (χ1n) is 12.9. The second-order valence-electron chi connectivity index (χ2n) is 7.97. The highest BCUT2D eigenvalue weighted by Crippen LogP contribution is 2.49. The number of fused-ring (bicyclic) bond motifs is 6. The van der Waals surface area contributed by atoms with Gasteiger partial charge >= 0.3 is 0 Å². The summed E-state index contributed by atoms with van der Waals surface area (Å²) in [6.45, 7) is -3.73. The summed E-state index contributed by atoms with van der Waals surface area (Å²) >= 11 is 0. The highest BCUT2D eigenvalue weighted by molar-refractivity contribution is 6.10. The lowest BCUT2D eigenvalue weighted by Gasteiger charge is -2.19. The molecule has 6 rings (SSSR count). The van der Waals surface area contributed by atoms with Crippen LogP contribution in [-0.2, 0) is 12.5 Å². The molecule has 0 fully saturated rings. The molecule has 30 heavy (non-hydrogen) atoms. The van der Waals surface area contributed by atoms with Gasteiger partial charge < -0.3 is 4.42 Å². The SMILES string of the molecule is [2H]C([2H])([2H])C1(C([2H])([2H])[2H])c2ccccc2-c2cc3c(nc21)oc1c(-c2cccc[n+]2C)c(C)ccc13. The lowest BCUT2D eigenvalue weighted by molar-refractivity contribution is -0.660. The van der Waals surface area contributed by atoms with Gasteiger partial charge in [-0.05, 0) is 35.7 Å². The van der Waals surface area contributed by atoms with Gasteiger partial charge in [0, 0.05) is 42.1 Å². The lowest BCUT2D eigenvalue weighted by atomic mass is 9.85. The normalized spacial score (nSPS) is 18.1. The van der Waals surface area contributed by atoms with Crippen molar-refractivity contribution in [2.75, 3.05) is 0 Å². The van der Waals surface area contributed by atoms with Crippen molar-refractivity contribution in [3.8, 4) is 22.4 Å². The van der Waals surface area contributed by atoms with E-state index in [0.717, 1.165) is 22.2 Å². The van der Waals surface area contributed by atoms with Crippen LogP contribution in [-0.4, -0.2) is 4.98 Å². The standard InChI is InChI=1S/C27H23N2O/c1-16-12-13-18-20-15-19-17-9-5-6-10-21(17)27(2,3)25(19)28-26(20)30-24(18)23(16)22-11-7-8-14-29(22)4/h5-15H,1-4H3/q+1/i2D3,3D3. The topological polar surface area (TPSA) is 29.9 Å². The van der Waals surface area contributed by atoms with Crippen molar-refractivity contribution >= 4 is 22.1 Å². The Bertz CT molecular complexity index is 1680. The lowest BCUT2D eigenvalue weighted by Crippen LogP contribution is -2.30. The average molecular weight is 398 g/mol. The minimum absolute atomic E-state index is 0.0128. The first-order chi connectivity index (χ1) is 17.0. The fourth-order valence-electron chi connectivity index (χ4n) is 4.63. The number of hydrogen-bond donors (Lipinski definition) is 0. The summed E-state index contributed by atoms with van der Waals surface area (Å²) in [5.41, 5.74) is 2.82. The number of pyridine rings is 2. The van der Waals surface area contributed by atoms with Gasteiger partial charge in [0.1, 0.15) is 7.05 Å². The molecule has 0 aliphatic heterocycles. The summed E-state index contributed by atoms with van der Waals surface area (Å²) in [7, 11) is 1.96. The molecule has 146 valence electrons. The molecule has 0 N–H and O–H groups in total. The fraction of sp³-hybridized carbons (Fsp3) is 0.185. The Morgan fingerprint density at radius 2 is 1.80 bits per heavy atom. The molecule has 0 amide bonds. The van der Waals surface area contributed by atoms with Crippen LogP contribution in [0.2, 0.25) is 0 Å². The monoisotopic (exact) mass is 397 g/mol. The summed E-state index contributed by atoms with van der Waals surface area (Å²) in [4.78, 5) is 4.69. The quantitative estimate of drug-likeness (QED) is 0.321. The van der Waals surface area contributed by atoms with Crippen LogP contribution in [0.25, 0.3) is 44.5 Å². The molecule has 2 aromatic carbocycles. The van der Waals surface area contributed by atoms with Crippen molar-refractivity contribution < 1.29 is 17.2 Å². The third-order valence-electron chi connectivity index (χ3n) is 6.13. The number of hydrogen-bond acceptors (Lipinski definition) is 2. The molecular weight excluding hydrogens is 368 g/mol. The van der Waals surface area contributed by atoms with E-state index in [4.69, 9.17) is 12.6 Å². The Balaban J connectivity index is 1.76. The Hall–Kier alpha value is -3.46. The predicted octanol–water partition coefficient (Wildman–Crippen LogP) is 6.09. The van der Waals surface area contributed by atoms with E-state index in [0.29, 0.717) is 22.1 Å². The van der Waals surface area contributed by atoms with Gasteiger partial charge in [-0.1, -0.05) is 50.1 Å². The molecule has 0 spiro atoms. The first kappa shape index (κ1) is 12.3. The molecule has 0 saturated heterocycles. The second-order valence-corrected chi connectivity index (χ2v) is 7.97. The van der Waals surface area contributed by atoms with Gasteiger partial charge in [0.05, 0.1) is 11.3 Å². The van der Waals surface area contributed by atoms with Crippen LogP contribution in [0.15, 0.2) is 71.3 Å². The molecule has 0 unspecified atom stereocenters. The summed E-state index contributed by atoms with van der Waals surface area (Å²) < 4.78 is 58.8. The van der Waals surface area contributed by atoms with Crippen molar-refractivity contribution in [1.29, 1.82) is 0 Å². The van der Waals surface area contributed by atoms with Crippen LogP contribution in [0.5, 0.6) is 0 Å². The number of benzene rings is 2. The van der Waals surface area contributed by atoms with Gasteiger partial charge in [-0.2, -0.15) is 0 Å². The maximum absolute atomic E-state index is 8.41. The number of rotatable bonds is 1. The van der Waals surface area contributed by atoms with Crippen LogP contribution in [0, 0.1) is 6.92 Å². The van der Waals surface area contributed by atoms with Crippen LogP contribution in [0.3, 0.4) is 0 Å². The van der Waals surface area contributed by atoms with E-state index in [1.54, 1.807) is 24.3 Å². The zero-order chi connectivity index (χ0) is 25.6. The summed E-state index contributed by atoms with van der Waals surface area (Å²) in [6, 6.07) is 18.6. The molecule has 1 aliphatic rings. The first-order valence-corrected chi connectivity index (χ1v) is 9.89. The Morgan fingerprint density at radius 3 is 2.63 bits per heavy atom. The van der Waals surface area contributed by atoms with Gasteiger partial charge in [-0.3, -0.25) is 0 Å². The fourth-order valence-corrected chi connectivity index (χ4v) is 4.63. The molecule has 0 saturated carbocycles. The molecule has 1 aliphatic carbocycles. The minimum Gasteiger partial charge on any atom is -0.437 e. The Kier molecular flexibility index (Phi) is 2.37. The predicted molar refractivity (Wildman–Crippen MR) is 120 cm³/mol. The average Bonchev–Trinajstić information content (AvgIpc) is 3.30. The highest BCUT2D eigenvalue weighted by Gasteiger charge is 2.37. The maximum Gasteiger partial charge on any atom is 0.227 e. The molecule has 5 aromatic rings. The maximum atomic E-state index is 8.41. The van der Waals surface area contributed by atoms with Crippen LogP contribution in [0.4, 0.5) is 0 Å². The Labute approximate surface area is 184 Å². The van der Waals surface area contributed by atoms with Gasteiger partial charge in [0.15, 0.2) is 11.8 Å². The summed E-state index contributed by atoms with van der Waals surface area (Å²) in [6.07, 6.45) is 1.96. The molecule has 0 bridgehead atoms. The highest BCUT2D eigenvalue weighted by atomic mass is 16.3. The van der Waals surface area contributed by atoms with E-state index in [9.17, 15) is 0 Å². The van der Waals surface area contributed by atoms with E-state index >= 15 is 0 Å². The molecule has 3 heterocycles. The van der Waals surface area contributed by atoms with Crippen LogP contribution >= 0.6 is 0 Å². The zero-order valence-corrected chi connectivity index (χ0v) is 16.7. The number of nitrogens with zero attached hydrogens (tertiary/aromatic N) is 2. The van der Waals surface area contributed by atoms with Gasteiger partial charge in [0.25, 0.3) is 0 Å². The third-order valence-corrected chi connectivity index (χ3v) is 6.13. The van der Waals surface area contributed by atoms with Crippen molar-refractivity contribution in [2.24, 2.45) is 7.05 Å². The van der Waals surface area contributed by atoms with E-state index in [1.807, 2.05) is 61.1 Å². The second kappa shape index (κ2) is 5.79. The smallest absolute Gasteiger partial charge is 0.227 e. The van der Waals surface area contributed by atoms with Crippen LogP contribution < -0.4 is 4.57 Å². The summed E-state index contributed by atoms with van der Waals surface area (Å²) in [5.74, 6) is 0. The van der Waals surface area contributed by atoms with Crippen molar-refractivity contribution in [1.82, 2.24) is 4.98 Å². The van der Waals surface area contributed by atoms with E-state index in [1.165, 1.54) is 0 Å². The molecule has 0 radical (unpaired) electrons. The van der Waals surface area contributed by atoms with Gasteiger partial charge in [0.2, 0.25) is 11.4 Å². The van der Waals surface area contributed by atoms with Crippen molar-refractivity contribution in [3.63, 3.8) is 0 Å². The number of aryl methyl sites for hydroxylation is 2. The largest absolute Gasteiger partial charge is 0.437 e. The molecule has 3 heteroatoms.